The van der Waals surface area contributed by atoms with Gasteiger partial charge in [0.15, 0.2) is 17.5 Å². The van der Waals surface area contributed by atoms with Crippen LogP contribution in [-0.4, -0.2) is 5.11 Å². The summed E-state index contributed by atoms with van der Waals surface area (Å²) in [4.78, 5) is 0. The van der Waals surface area contributed by atoms with Crippen LogP contribution in [0.5, 0.6) is 11.5 Å². The molecule has 0 aliphatic carbocycles. The van der Waals surface area contributed by atoms with Gasteiger partial charge in [0.05, 0.1) is 5.56 Å². The molecule has 3 rings (SSSR count). The maximum Gasteiger partial charge on any atom is 0.432 e. The molecule has 0 aromatic heterocycles. The van der Waals surface area contributed by atoms with Gasteiger partial charge in [0.25, 0.3) is 0 Å². The highest BCUT2D eigenvalue weighted by Gasteiger charge is 2.43. The number of aryl methyl sites for hydroxylation is 2. The number of hydrogen-bond donors (Lipinski definition) is 1. The van der Waals surface area contributed by atoms with Crippen LogP contribution in [0.4, 0.5) is 26.3 Å². The predicted molar refractivity (Wildman–Crippen MR) is 122 cm³/mol. The van der Waals surface area contributed by atoms with Gasteiger partial charge in [-0.05, 0) is 48.9 Å². The van der Waals surface area contributed by atoms with E-state index in [1.807, 2.05) is 13.8 Å². The molecule has 0 saturated heterocycles. The quantitative estimate of drug-likeness (QED) is 0.286. The lowest BCUT2D eigenvalue weighted by Crippen LogP contribution is -2.25. The Balaban J connectivity index is 2.01. The highest BCUT2D eigenvalue weighted by atomic mass is 19.3. The van der Waals surface area contributed by atoms with Crippen molar-refractivity contribution in [2.45, 2.75) is 58.5 Å². The lowest BCUT2D eigenvalue weighted by Gasteiger charge is -2.21. The molecular weight excluding hydrogens is 470 g/mol. The van der Waals surface area contributed by atoms with E-state index in [4.69, 9.17) is 0 Å². The van der Waals surface area contributed by atoms with Crippen molar-refractivity contribution in [2.75, 3.05) is 0 Å². The number of phenols is 1. The van der Waals surface area contributed by atoms with Gasteiger partial charge < -0.3 is 9.84 Å². The van der Waals surface area contributed by atoms with E-state index >= 15 is 4.39 Å². The zero-order valence-corrected chi connectivity index (χ0v) is 19.4. The molecule has 0 amide bonds. The van der Waals surface area contributed by atoms with Crippen molar-refractivity contribution in [1.82, 2.24) is 0 Å². The molecule has 0 fully saturated rings. The minimum atomic E-state index is -4.52. The van der Waals surface area contributed by atoms with Crippen molar-refractivity contribution >= 4 is 0 Å². The summed E-state index contributed by atoms with van der Waals surface area (Å²) in [5, 5.41) is 10.1. The van der Waals surface area contributed by atoms with Gasteiger partial charge in [-0.2, -0.15) is 8.78 Å². The van der Waals surface area contributed by atoms with Crippen LogP contribution in [0.1, 0.15) is 56.2 Å². The third kappa shape index (κ3) is 5.74. The molecule has 0 bridgehead atoms. The molecule has 0 unspecified atom stereocenters. The number of ether oxygens (including phenoxy) is 1. The van der Waals surface area contributed by atoms with E-state index in [0.717, 1.165) is 37.3 Å². The molecule has 0 aliphatic rings. The van der Waals surface area contributed by atoms with Gasteiger partial charge in [0.1, 0.15) is 22.9 Å². The van der Waals surface area contributed by atoms with Gasteiger partial charge in [-0.1, -0.05) is 51.0 Å². The van der Waals surface area contributed by atoms with Crippen LogP contribution in [0.15, 0.2) is 42.5 Å². The molecule has 188 valence electrons. The van der Waals surface area contributed by atoms with Crippen molar-refractivity contribution in [3.8, 4) is 22.6 Å². The molecule has 3 aromatic carbocycles. The van der Waals surface area contributed by atoms with Crippen molar-refractivity contribution in [3.63, 3.8) is 0 Å². The van der Waals surface area contributed by atoms with Crippen LogP contribution >= 0.6 is 0 Å². The van der Waals surface area contributed by atoms with Crippen LogP contribution in [0.2, 0.25) is 0 Å². The summed E-state index contributed by atoms with van der Waals surface area (Å²) in [6.45, 7) is 3.87. The maximum absolute atomic E-state index is 15.2. The van der Waals surface area contributed by atoms with E-state index in [1.165, 1.54) is 18.2 Å². The molecule has 0 atom stereocenters. The molecule has 0 heterocycles. The maximum atomic E-state index is 15.2. The van der Waals surface area contributed by atoms with E-state index in [9.17, 15) is 27.1 Å². The Bertz CT molecular complexity index is 1180. The first kappa shape index (κ1) is 26.4. The smallest absolute Gasteiger partial charge is 0.432 e. The first-order valence-corrected chi connectivity index (χ1v) is 11.4. The van der Waals surface area contributed by atoms with Crippen molar-refractivity contribution in [2.24, 2.45) is 0 Å². The van der Waals surface area contributed by atoms with Gasteiger partial charge >= 0.3 is 6.11 Å². The summed E-state index contributed by atoms with van der Waals surface area (Å²) < 4.78 is 93.4. The number of unbranched alkanes of at least 4 members (excludes halogenated alkanes) is 2. The minimum absolute atomic E-state index is 0.0198. The average Bonchev–Trinajstić information content (AvgIpc) is 2.80. The van der Waals surface area contributed by atoms with Crippen molar-refractivity contribution in [1.29, 1.82) is 0 Å². The monoisotopic (exact) mass is 496 g/mol. The number of phenolic OH excluding ortho intramolecular Hbond substituents is 1. The average molecular weight is 496 g/mol. The molecule has 0 radical (unpaired) electrons. The Labute approximate surface area is 200 Å². The fourth-order valence-electron chi connectivity index (χ4n) is 3.78. The Morgan fingerprint density at radius 1 is 0.800 bits per heavy atom. The summed E-state index contributed by atoms with van der Waals surface area (Å²) in [5.41, 5.74) is -2.82. The summed E-state index contributed by atoms with van der Waals surface area (Å²) in [6, 6.07) is 8.00. The fourth-order valence-corrected chi connectivity index (χ4v) is 3.78. The molecule has 0 aliphatic heterocycles. The van der Waals surface area contributed by atoms with Crippen molar-refractivity contribution in [3.05, 3.63) is 82.4 Å². The number of benzene rings is 3. The van der Waals surface area contributed by atoms with E-state index in [2.05, 4.69) is 4.74 Å². The minimum Gasteiger partial charge on any atom is -0.507 e. The topological polar surface area (TPSA) is 29.5 Å². The van der Waals surface area contributed by atoms with Crippen LogP contribution in [0.3, 0.4) is 0 Å². The third-order valence-electron chi connectivity index (χ3n) is 5.71. The molecule has 2 nitrogen and oxygen atoms in total. The first-order chi connectivity index (χ1) is 16.6. The summed E-state index contributed by atoms with van der Waals surface area (Å²) >= 11 is 0. The van der Waals surface area contributed by atoms with Crippen molar-refractivity contribution < 1.29 is 36.2 Å². The van der Waals surface area contributed by atoms with Crippen LogP contribution in [0, 0.1) is 23.3 Å². The Morgan fingerprint density at radius 2 is 1.43 bits per heavy atom. The van der Waals surface area contributed by atoms with Gasteiger partial charge in [0, 0.05) is 11.6 Å². The second kappa shape index (κ2) is 11.1. The van der Waals surface area contributed by atoms with Crippen LogP contribution < -0.4 is 4.74 Å². The largest absolute Gasteiger partial charge is 0.507 e. The number of rotatable bonds is 10. The van der Waals surface area contributed by atoms with Gasteiger partial charge in [-0.15, -0.1) is 0 Å². The highest BCUT2D eigenvalue weighted by Crippen LogP contribution is 2.43. The first-order valence-electron chi connectivity index (χ1n) is 11.4. The number of halogens is 6. The zero-order valence-electron chi connectivity index (χ0n) is 19.4. The summed E-state index contributed by atoms with van der Waals surface area (Å²) in [6.07, 6.45) is -0.431. The second-order valence-electron chi connectivity index (χ2n) is 8.31. The van der Waals surface area contributed by atoms with Gasteiger partial charge in [-0.3, -0.25) is 0 Å². The van der Waals surface area contributed by atoms with E-state index in [-0.39, 0.29) is 23.8 Å². The zero-order chi connectivity index (χ0) is 25.8. The van der Waals surface area contributed by atoms with E-state index in [0.29, 0.717) is 6.42 Å². The second-order valence-corrected chi connectivity index (χ2v) is 8.31. The lowest BCUT2D eigenvalue weighted by molar-refractivity contribution is -0.189. The molecule has 3 aromatic rings. The standard InChI is InChI=1S/C27H26F6O2/c1-3-5-7-16-9-12-18(13-10-16)35-27(32,33)23-20(28)15-21(34)22(26(23)31)19-14-11-17(8-6-4-2)24(29)25(19)30/h9-15,34H,3-8H2,1-2H3. The normalized spacial score (nSPS) is 11.7. The number of aromatic hydroxyl groups is 1. The van der Waals surface area contributed by atoms with Crippen LogP contribution in [-0.2, 0) is 19.0 Å². The molecule has 0 saturated carbocycles. The molecular formula is C27H26F6O2. The Hall–Kier alpha value is -3.16. The molecule has 35 heavy (non-hydrogen) atoms. The van der Waals surface area contributed by atoms with Gasteiger partial charge in [-0.25, -0.2) is 17.6 Å². The lowest BCUT2D eigenvalue weighted by atomic mass is 9.96. The molecule has 1 N–H and O–H groups in total. The SMILES string of the molecule is CCCCc1ccc(OC(F)(F)c2c(F)cc(O)c(-c3ccc(CCCC)c(F)c3F)c2F)cc1. The van der Waals surface area contributed by atoms with Crippen LogP contribution in [0.25, 0.3) is 11.1 Å². The fraction of sp³-hybridized carbons (Fsp3) is 0.333. The Kier molecular flexibility index (Phi) is 8.35. The highest BCUT2D eigenvalue weighted by molar-refractivity contribution is 5.73. The summed E-state index contributed by atoms with van der Waals surface area (Å²) in [5.74, 6) is -8.06. The number of alkyl halides is 2. The van der Waals surface area contributed by atoms with E-state index in [1.54, 1.807) is 12.1 Å². The van der Waals surface area contributed by atoms with Gasteiger partial charge in [0.2, 0.25) is 0 Å². The third-order valence-corrected chi connectivity index (χ3v) is 5.71. The molecule has 8 heteroatoms. The Morgan fingerprint density at radius 3 is 2.06 bits per heavy atom. The number of hydrogen-bond acceptors (Lipinski definition) is 2. The molecule has 0 spiro atoms. The van der Waals surface area contributed by atoms with E-state index < -0.39 is 51.8 Å². The predicted octanol–water partition coefficient (Wildman–Crippen LogP) is 8.43. The summed E-state index contributed by atoms with van der Waals surface area (Å²) in [7, 11) is 0.